The second-order valence-corrected chi connectivity index (χ2v) is 6.45. The number of likely N-dealkylation sites (tertiary alicyclic amines) is 1. The molecule has 3 nitrogen and oxygen atoms in total. The summed E-state index contributed by atoms with van der Waals surface area (Å²) in [5.41, 5.74) is 3.72. The van der Waals surface area contributed by atoms with Gasteiger partial charge in [-0.15, -0.1) is 11.6 Å². The van der Waals surface area contributed by atoms with Crippen LogP contribution in [-0.2, 0) is 13.0 Å². The molecule has 114 valence electrons. The minimum absolute atomic E-state index is 0.633. The van der Waals surface area contributed by atoms with E-state index in [1.54, 1.807) is 0 Å². The number of hydrogen-bond acceptors (Lipinski definition) is 2. The first-order valence-electron chi connectivity index (χ1n) is 7.96. The summed E-state index contributed by atoms with van der Waals surface area (Å²) in [6.45, 7) is 9.11. The monoisotopic (exact) mass is 305 g/mol. The highest BCUT2D eigenvalue weighted by molar-refractivity contribution is 6.17. The van der Waals surface area contributed by atoms with Gasteiger partial charge in [-0.1, -0.05) is 19.1 Å². The largest absolute Gasteiger partial charge is 0.327 e. The van der Waals surface area contributed by atoms with Crippen molar-refractivity contribution in [1.29, 1.82) is 0 Å². The smallest absolute Gasteiger partial charge is 0.111 e. The van der Waals surface area contributed by atoms with Crippen LogP contribution >= 0.6 is 11.6 Å². The van der Waals surface area contributed by atoms with Crippen LogP contribution in [0.15, 0.2) is 18.2 Å². The number of halogens is 1. The Morgan fingerprint density at radius 3 is 2.95 bits per heavy atom. The van der Waals surface area contributed by atoms with Crippen LogP contribution in [0.1, 0.15) is 24.7 Å². The van der Waals surface area contributed by atoms with Gasteiger partial charge in [0.25, 0.3) is 0 Å². The average molecular weight is 306 g/mol. The molecule has 2 aromatic rings. The third kappa shape index (κ3) is 2.95. The molecule has 1 saturated heterocycles. The summed E-state index contributed by atoms with van der Waals surface area (Å²) in [4.78, 5) is 7.35. The quantitative estimate of drug-likeness (QED) is 0.789. The summed E-state index contributed by atoms with van der Waals surface area (Å²) in [6, 6.07) is 6.38. The third-order valence-corrected chi connectivity index (χ3v) is 4.81. The number of fused-ring (bicyclic) bond motifs is 1. The van der Waals surface area contributed by atoms with E-state index >= 15 is 0 Å². The van der Waals surface area contributed by atoms with E-state index in [2.05, 4.69) is 41.5 Å². The maximum Gasteiger partial charge on any atom is 0.111 e. The molecule has 1 aliphatic rings. The van der Waals surface area contributed by atoms with Gasteiger partial charge in [0.05, 0.1) is 11.0 Å². The van der Waals surface area contributed by atoms with Crippen molar-refractivity contribution in [3.05, 3.63) is 29.6 Å². The number of imidazole rings is 1. The number of benzene rings is 1. The SMILES string of the molecule is CCN1CCC(Cn2c(CCCl)nc3cccc(C)c32)C1. The number of para-hydroxylation sites is 1. The van der Waals surface area contributed by atoms with Crippen LogP contribution in [-0.4, -0.2) is 40.0 Å². The number of alkyl halides is 1. The van der Waals surface area contributed by atoms with Crippen molar-refractivity contribution in [2.45, 2.75) is 33.2 Å². The second kappa shape index (κ2) is 6.37. The molecule has 0 amide bonds. The van der Waals surface area contributed by atoms with Crippen LogP contribution in [0.3, 0.4) is 0 Å². The molecule has 3 rings (SSSR count). The molecule has 1 aliphatic heterocycles. The van der Waals surface area contributed by atoms with Crippen LogP contribution < -0.4 is 0 Å². The van der Waals surface area contributed by atoms with E-state index in [4.69, 9.17) is 16.6 Å². The molecule has 0 bridgehead atoms. The van der Waals surface area contributed by atoms with E-state index in [9.17, 15) is 0 Å². The zero-order valence-electron chi connectivity index (χ0n) is 13.0. The minimum atomic E-state index is 0.633. The molecule has 2 heterocycles. The molecule has 0 aliphatic carbocycles. The van der Waals surface area contributed by atoms with Crippen molar-refractivity contribution in [3.63, 3.8) is 0 Å². The Kier molecular flexibility index (Phi) is 4.51. The number of nitrogens with zero attached hydrogens (tertiary/aromatic N) is 3. The lowest BCUT2D eigenvalue weighted by Crippen LogP contribution is -2.22. The molecule has 1 aromatic heterocycles. The van der Waals surface area contributed by atoms with E-state index in [-0.39, 0.29) is 0 Å². The predicted octanol–water partition coefficient (Wildman–Crippen LogP) is 3.47. The van der Waals surface area contributed by atoms with Gasteiger partial charge in [-0.25, -0.2) is 4.98 Å². The van der Waals surface area contributed by atoms with Crippen LogP contribution in [0.4, 0.5) is 0 Å². The van der Waals surface area contributed by atoms with Crippen LogP contribution in [0.5, 0.6) is 0 Å². The van der Waals surface area contributed by atoms with Crippen molar-refractivity contribution in [2.75, 3.05) is 25.5 Å². The van der Waals surface area contributed by atoms with Crippen LogP contribution in [0, 0.1) is 12.8 Å². The molecule has 21 heavy (non-hydrogen) atoms. The highest BCUT2D eigenvalue weighted by Crippen LogP contribution is 2.25. The summed E-state index contributed by atoms with van der Waals surface area (Å²) in [5, 5.41) is 0. The van der Waals surface area contributed by atoms with Crippen molar-refractivity contribution >= 4 is 22.6 Å². The highest BCUT2D eigenvalue weighted by atomic mass is 35.5. The third-order valence-electron chi connectivity index (χ3n) is 4.62. The molecule has 1 aromatic carbocycles. The first-order valence-corrected chi connectivity index (χ1v) is 8.49. The molecule has 1 atom stereocenters. The second-order valence-electron chi connectivity index (χ2n) is 6.07. The summed E-state index contributed by atoms with van der Waals surface area (Å²) in [6.07, 6.45) is 2.14. The maximum atomic E-state index is 5.98. The van der Waals surface area contributed by atoms with Gasteiger partial charge in [0.1, 0.15) is 5.82 Å². The van der Waals surface area contributed by atoms with Gasteiger partial charge in [-0.3, -0.25) is 0 Å². The highest BCUT2D eigenvalue weighted by Gasteiger charge is 2.23. The molecule has 0 N–H and O–H groups in total. The lowest BCUT2D eigenvalue weighted by molar-refractivity contribution is 0.332. The number of aryl methyl sites for hydroxylation is 2. The van der Waals surface area contributed by atoms with Gasteiger partial charge < -0.3 is 9.47 Å². The molecule has 0 radical (unpaired) electrons. The first-order chi connectivity index (χ1) is 10.2. The van der Waals surface area contributed by atoms with Crippen LogP contribution in [0.2, 0.25) is 0 Å². The number of aromatic nitrogens is 2. The normalized spacial score (nSPS) is 19.7. The summed E-state index contributed by atoms with van der Waals surface area (Å²) in [7, 11) is 0. The average Bonchev–Trinajstić information content (AvgIpc) is 3.06. The minimum Gasteiger partial charge on any atom is -0.327 e. The number of rotatable bonds is 5. The Morgan fingerprint density at radius 1 is 1.38 bits per heavy atom. The van der Waals surface area contributed by atoms with Crippen molar-refractivity contribution in [3.8, 4) is 0 Å². The lowest BCUT2D eigenvalue weighted by Gasteiger charge is -2.16. The van der Waals surface area contributed by atoms with Crippen LogP contribution in [0.25, 0.3) is 11.0 Å². The molecule has 0 spiro atoms. The Labute approximate surface area is 131 Å². The van der Waals surface area contributed by atoms with Crippen molar-refractivity contribution in [2.24, 2.45) is 5.92 Å². The Morgan fingerprint density at radius 2 is 2.24 bits per heavy atom. The summed E-state index contributed by atoms with van der Waals surface area (Å²) in [5.74, 6) is 2.51. The van der Waals surface area contributed by atoms with Gasteiger partial charge in [0.2, 0.25) is 0 Å². The summed E-state index contributed by atoms with van der Waals surface area (Å²) < 4.78 is 2.43. The fourth-order valence-electron chi connectivity index (χ4n) is 3.49. The molecule has 4 heteroatoms. The topological polar surface area (TPSA) is 21.1 Å². The zero-order valence-corrected chi connectivity index (χ0v) is 13.7. The van der Waals surface area contributed by atoms with Gasteiger partial charge in [0.15, 0.2) is 0 Å². The van der Waals surface area contributed by atoms with Gasteiger partial charge in [-0.2, -0.15) is 0 Å². The fourth-order valence-corrected chi connectivity index (χ4v) is 3.66. The molecule has 1 unspecified atom stereocenters. The first kappa shape index (κ1) is 14.9. The number of hydrogen-bond donors (Lipinski definition) is 0. The molecular formula is C17H24ClN3. The molecule has 1 fully saturated rings. The van der Waals surface area contributed by atoms with E-state index in [1.165, 1.54) is 30.6 Å². The van der Waals surface area contributed by atoms with Gasteiger partial charge in [0, 0.05) is 25.4 Å². The van der Waals surface area contributed by atoms with Gasteiger partial charge >= 0.3 is 0 Å². The predicted molar refractivity (Wildman–Crippen MR) is 89.1 cm³/mol. The van der Waals surface area contributed by atoms with E-state index in [1.807, 2.05) is 0 Å². The Balaban J connectivity index is 1.93. The maximum absolute atomic E-state index is 5.98. The van der Waals surface area contributed by atoms with E-state index in [0.29, 0.717) is 5.88 Å². The van der Waals surface area contributed by atoms with Gasteiger partial charge in [-0.05, 0) is 44.0 Å². The standard InChI is InChI=1S/C17H24ClN3/c1-3-20-10-8-14(11-20)12-21-16(7-9-18)19-15-6-4-5-13(2)17(15)21/h4-6,14H,3,7-12H2,1-2H3. The zero-order chi connectivity index (χ0) is 14.8. The van der Waals surface area contributed by atoms with E-state index in [0.717, 1.165) is 36.8 Å². The Hall–Kier alpha value is -1.06. The molecule has 0 saturated carbocycles. The Bertz CT molecular complexity index is 620. The van der Waals surface area contributed by atoms with Crippen molar-refractivity contribution < 1.29 is 0 Å². The summed E-state index contributed by atoms with van der Waals surface area (Å²) >= 11 is 5.98. The van der Waals surface area contributed by atoms with Crippen molar-refractivity contribution in [1.82, 2.24) is 14.5 Å². The lowest BCUT2D eigenvalue weighted by atomic mass is 10.1. The molecular weight excluding hydrogens is 282 g/mol. The van der Waals surface area contributed by atoms with E-state index < -0.39 is 0 Å². The fraction of sp³-hybridized carbons (Fsp3) is 0.588.